The number of cyclic esters (lactones) is 1. The Morgan fingerprint density at radius 3 is 2.72 bits per heavy atom. The number of hydrogen-bond acceptors (Lipinski definition) is 3. The minimum atomic E-state index is -0.731. The van der Waals surface area contributed by atoms with Crippen molar-refractivity contribution in [1.82, 2.24) is 0 Å². The fourth-order valence-corrected chi connectivity index (χ4v) is 2.18. The highest BCUT2D eigenvalue weighted by atomic mass is 16.6. The molecule has 0 radical (unpaired) electrons. The molecular formula is C14H17NO3. The van der Waals surface area contributed by atoms with E-state index in [1.807, 2.05) is 31.2 Å². The van der Waals surface area contributed by atoms with Crippen LogP contribution in [-0.4, -0.2) is 17.5 Å². The smallest absolute Gasteiger partial charge is 0.307 e. The minimum absolute atomic E-state index is 0.144. The third-order valence-corrected chi connectivity index (χ3v) is 3.19. The molecule has 2 rings (SSSR count). The average Bonchev–Trinajstić information content (AvgIpc) is 2.51. The third kappa shape index (κ3) is 2.53. The van der Waals surface area contributed by atoms with Crippen LogP contribution < -0.4 is 5.32 Å². The summed E-state index contributed by atoms with van der Waals surface area (Å²) in [6.45, 7) is 5.48. The van der Waals surface area contributed by atoms with Gasteiger partial charge in [-0.25, -0.2) is 0 Å². The molecule has 0 saturated carbocycles. The Morgan fingerprint density at radius 2 is 2.17 bits per heavy atom. The lowest BCUT2D eigenvalue weighted by molar-refractivity contribution is -0.147. The van der Waals surface area contributed by atoms with Crippen molar-refractivity contribution >= 4 is 17.6 Å². The van der Waals surface area contributed by atoms with E-state index in [-0.39, 0.29) is 18.3 Å². The molecule has 0 unspecified atom stereocenters. The van der Waals surface area contributed by atoms with Crippen LogP contribution in [0.25, 0.3) is 0 Å². The SMILES string of the molecule is Cc1cccc(NC(=O)[C@@H]2CC(=O)OC2(C)C)c1. The Labute approximate surface area is 106 Å². The van der Waals surface area contributed by atoms with Crippen molar-refractivity contribution in [2.24, 2.45) is 5.92 Å². The second-order valence-electron chi connectivity index (χ2n) is 5.19. The summed E-state index contributed by atoms with van der Waals surface area (Å²) in [5, 5.41) is 2.83. The molecule has 1 atom stereocenters. The first-order chi connectivity index (χ1) is 8.38. The minimum Gasteiger partial charge on any atom is -0.459 e. The van der Waals surface area contributed by atoms with Crippen LogP contribution in [0.1, 0.15) is 25.8 Å². The van der Waals surface area contributed by atoms with Gasteiger partial charge in [-0.15, -0.1) is 0 Å². The van der Waals surface area contributed by atoms with Gasteiger partial charge in [-0.3, -0.25) is 9.59 Å². The van der Waals surface area contributed by atoms with Gasteiger partial charge in [-0.05, 0) is 38.5 Å². The second kappa shape index (κ2) is 4.44. The predicted octanol–water partition coefficient (Wildman–Crippen LogP) is 2.28. The van der Waals surface area contributed by atoms with Crippen molar-refractivity contribution < 1.29 is 14.3 Å². The molecule has 1 N–H and O–H groups in total. The molecule has 1 amide bonds. The zero-order valence-corrected chi connectivity index (χ0v) is 10.8. The number of anilines is 1. The average molecular weight is 247 g/mol. The lowest BCUT2D eigenvalue weighted by Gasteiger charge is -2.23. The Balaban J connectivity index is 2.11. The summed E-state index contributed by atoms with van der Waals surface area (Å²) in [6.07, 6.45) is 0.144. The number of benzene rings is 1. The van der Waals surface area contributed by atoms with E-state index in [2.05, 4.69) is 5.32 Å². The Kier molecular flexibility index (Phi) is 3.11. The number of ether oxygens (including phenoxy) is 1. The van der Waals surface area contributed by atoms with Crippen molar-refractivity contribution in [2.45, 2.75) is 32.8 Å². The Morgan fingerprint density at radius 1 is 1.44 bits per heavy atom. The van der Waals surface area contributed by atoms with Gasteiger partial charge in [-0.1, -0.05) is 12.1 Å². The highest BCUT2D eigenvalue weighted by molar-refractivity contribution is 5.96. The quantitative estimate of drug-likeness (QED) is 0.816. The van der Waals surface area contributed by atoms with E-state index in [0.29, 0.717) is 0 Å². The van der Waals surface area contributed by atoms with Crippen molar-refractivity contribution in [3.63, 3.8) is 0 Å². The monoisotopic (exact) mass is 247 g/mol. The molecule has 1 aromatic rings. The van der Waals surface area contributed by atoms with Crippen molar-refractivity contribution in [3.05, 3.63) is 29.8 Å². The Bertz CT molecular complexity index is 494. The summed E-state index contributed by atoms with van der Waals surface area (Å²) in [7, 11) is 0. The van der Waals surface area contributed by atoms with E-state index in [0.717, 1.165) is 11.3 Å². The molecule has 1 saturated heterocycles. The zero-order valence-electron chi connectivity index (χ0n) is 10.8. The molecule has 18 heavy (non-hydrogen) atoms. The lowest BCUT2D eigenvalue weighted by Crippen LogP contribution is -2.36. The number of nitrogens with one attached hydrogen (secondary N) is 1. The number of esters is 1. The molecule has 1 heterocycles. The largest absolute Gasteiger partial charge is 0.459 e. The van der Waals surface area contributed by atoms with Crippen molar-refractivity contribution in [2.75, 3.05) is 5.32 Å². The van der Waals surface area contributed by atoms with E-state index in [1.165, 1.54) is 0 Å². The van der Waals surface area contributed by atoms with Gasteiger partial charge < -0.3 is 10.1 Å². The fraction of sp³-hybridized carbons (Fsp3) is 0.429. The molecule has 96 valence electrons. The molecule has 0 aliphatic carbocycles. The van der Waals surface area contributed by atoms with Crippen molar-refractivity contribution in [3.8, 4) is 0 Å². The predicted molar refractivity (Wildman–Crippen MR) is 68.1 cm³/mol. The van der Waals surface area contributed by atoms with Crippen LogP contribution in [0.15, 0.2) is 24.3 Å². The van der Waals surface area contributed by atoms with Crippen LogP contribution in [0.4, 0.5) is 5.69 Å². The first-order valence-corrected chi connectivity index (χ1v) is 5.98. The number of hydrogen-bond donors (Lipinski definition) is 1. The van der Waals surface area contributed by atoms with E-state index in [4.69, 9.17) is 4.74 Å². The number of carbonyl (C=O) groups is 2. The van der Waals surface area contributed by atoms with Gasteiger partial charge in [-0.2, -0.15) is 0 Å². The molecule has 4 nitrogen and oxygen atoms in total. The number of carbonyl (C=O) groups excluding carboxylic acids is 2. The topological polar surface area (TPSA) is 55.4 Å². The van der Waals surface area contributed by atoms with Gasteiger partial charge >= 0.3 is 5.97 Å². The summed E-state index contributed by atoms with van der Waals surface area (Å²) in [4.78, 5) is 23.4. The first-order valence-electron chi connectivity index (χ1n) is 5.98. The van der Waals surface area contributed by atoms with Crippen LogP contribution in [0, 0.1) is 12.8 Å². The summed E-state index contributed by atoms with van der Waals surface area (Å²) < 4.78 is 5.14. The maximum atomic E-state index is 12.1. The standard InChI is InChI=1S/C14H17NO3/c1-9-5-4-6-10(7-9)15-13(17)11-8-12(16)18-14(11,2)3/h4-7,11H,8H2,1-3H3,(H,15,17)/t11-/m0/s1. The van der Waals surface area contributed by atoms with E-state index >= 15 is 0 Å². The summed E-state index contributed by atoms with van der Waals surface area (Å²) >= 11 is 0. The number of aryl methyl sites for hydroxylation is 1. The van der Waals surface area contributed by atoms with E-state index < -0.39 is 11.5 Å². The van der Waals surface area contributed by atoms with Crippen LogP contribution >= 0.6 is 0 Å². The van der Waals surface area contributed by atoms with Gasteiger partial charge in [0.05, 0.1) is 12.3 Å². The normalized spacial score (nSPS) is 21.5. The third-order valence-electron chi connectivity index (χ3n) is 3.19. The first kappa shape index (κ1) is 12.6. The van der Waals surface area contributed by atoms with Crippen LogP contribution in [0.5, 0.6) is 0 Å². The van der Waals surface area contributed by atoms with Gasteiger partial charge in [0, 0.05) is 5.69 Å². The second-order valence-corrected chi connectivity index (χ2v) is 5.19. The highest BCUT2D eigenvalue weighted by Gasteiger charge is 2.46. The van der Waals surface area contributed by atoms with E-state index in [1.54, 1.807) is 13.8 Å². The van der Waals surface area contributed by atoms with Gasteiger partial charge in [0.15, 0.2) is 0 Å². The fourth-order valence-electron chi connectivity index (χ4n) is 2.18. The van der Waals surface area contributed by atoms with Crippen LogP contribution in [-0.2, 0) is 14.3 Å². The molecule has 4 heteroatoms. The summed E-state index contributed by atoms with van der Waals surface area (Å²) in [5.41, 5.74) is 1.09. The van der Waals surface area contributed by atoms with Crippen LogP contribution in [0.2, 0.25) is 0 Å². The zero-order chi connectivity index (χ0) is 13.3. The highest BCUT2D eigenvalue weighted by Crippen LogP contribution is 2.33. The molecule has 0 aromatic heterocycles. The van der Waals surface area contributed by atoms with Gasteiger partial charge in [0.25, 0.3) is 0 Å². The summed E-state index contributed by atoms with van der Waals surface area (Å²) in [5.74, 6) is -0.925. The molecule has 1 aliphatic heterocycles. The van der Waals surface area contributed by atoms with Gasteiger partial charge in [0.2, 0.25) is 5.91 Å². The Hall–Kier alpha value is -1.84. The molecule has 1 fully saturated rings. The number of amides is 1. The van der Waals surface area contributed by atoms with Crippen molar-refractivity contribution in [1.29, 1.82) is 0 Å². The lowest BCUT2D eigenvalue weighted by atomic mass is 9.90. The molecular weight excluding hydrogens is 230 g/mol. The molecule has 0 bridgehead atoms. The maximum Gasteiger partial charge on any atom is 0.307 e. The maximum absolute atomic E-state index is 12.1. The summed E-state index contributed by atoms with van der Waals surface area (Å²) in [6, 6.07) is 7.56. The van der Waals surface area contributed by atoms with E-state index in [9.17, 15) is 9.59 Å². The molecule has 1 aliphatic rings. The van der Waals surface area contributed by atoms with Gasteiger partial charge in [0.1, 0.15) is 5.60 Å². The molecule has 0 spiro atoms. The molecule has 1 aromatic carbocycles. The van der Waals surface area contributed by atoms with Crippen LogP contribution in [0.3, 0.4) is 0 Å². The number of rotatable bonds is 2.